The second-order valence-corrected chi connectivity index (χ2v) is 6.20. The third-order valence-electron chi connectivity index (χ3n) is 3.63. The lowest BCUT2D eigenvalue weighted by Crippen LogP contribution is -2.24. The van der Waals surface area contributed by atoms with E-state index in [2.05, 4.69) is 5.32 Å². The van der Waals surface area contributed by atoms with Gasteiger partial charge in [-0.05, 0) is 41.5 Å². The van der Waals surface area contributed by atoms with Gasteiger partial charge in [-0.3, -0.25) is 14.9 Å². The Morgan fingerprint density at radius 2 is 1.93 bits per heavy atom. The van der Waals surface area contributed by atoms with Crippen LogP contribution in [0.15, 0.2) is 42.1 Å². The highest BCUT2D eigenvalue weighted by Gasteiger charge is 2.15. The lowest BCUT2D eigenvalue weighted by Gasteiger charge is -2.14. The Kier molecular flexibility index (Phi) is 7.15. The van der Waals surface area contributed by atoms with Crippen molar-refractivity contribution in [3.05, 3.63) is 68.4 Å². The van der Waals surface area contributed by atoms with E-state index in [9.17, 15) is 24.8 Å². The number of hydrogen-bond donors (Lipinski definition) is 2. The second kappa shape index (κ2) is 9.56. The lowest BCUT2D eigenvalue weighted by molar-refractivity contribution is -0.384. The molecule has 152 valence electrons. The minimum Gasteiger partial charge on any atom is -0.493 e. The Hall–Kier alpha value is -3.59. The second-order valence-electron chi connectivity index (χ2n) is 5.79. The van der Waals surface area contributed by atoms with Gasteiger partial charge in [-0.2, -0.15) is 0 Å². The molecule has 2 N–H and O–H groups in total. The molecule has 0 radical (unpaired) electrons. The molecule has 29 heavy (non-hydrogen) atoms. The Balaban J connectivity index is 2.26. The van der Waals surface area contributed by atoms with Gasteiger partial charge in [0.2, 0.25) is 5.91 Å². The van der Waals surface area contributed by atoms with Gasteiger partial charge in [0.1, 0.15) is 12.3 Å². The third-order valence-corrected chi connectivity index (χ3v) is 3.91. The number of non-ortho nitro benzene ring substituents is 1. The van der Waals surface area contributed by atoms with Crippen LogP contribution in [0.2, 0.25) is 5.02 Å². The van der Waals surface area contributed by atoms with Gasteiger partial charge in [0.05, 0.1) is 17.1 Å². The maximum absolute atomic E-state index is 11.3. The summed E-state index contributed by atoms with van der Waals surface area (Å²) in [6.45, 7) is 1.27. The summed E-state index contributed by atoms with van der Waals surface area (Å²) in [5, 5.41) is 22.3. The van der Waals surface area contributed by atoms with Gasteiger partial charge in [0, 0.05) is 19.1 Å². The zero-order chi connectivity index (χ0) is 21.6. The minimum absolute atomic E-state index is 0.0334. The van der Waals surface area contributed by atoms with Gasteiger partial charge in [-0.1, -0.05) is 11.6 Å². The summed E-state index contributed by atoms with van der Waals surface area (Å²) in [5.74, 6) is -1.37. The summed E-state index contributed by atoms with van der Waals surface area (Å²) in [6.07, 6.45) is 1.23. The van der Waals surface area contributed by atoms with E-state index in [1.54, 1.807) is 12.1 Å². The fourth-order valence-electron chi connectivity index (χ4n) is 2.34. The Labute approximate surface area is 170 Å². The molecule has 0 bridgehead atoms. The maximum atomic E-state index is 11.3. The van der Waals surface area contributed by atoms with E-state index < -0.39 is 16.8 Å². The number of halogens is 1. The van der Waals surface area contributed by atoms with E-state index >= 15 is 0 Å². The van der Waals surface area contributed by atoms with Crippen molar-refractivity contribution in [2.45, 2.75) is 13.5 Å². The molecule has 0 aromatic heterocycles. The Bertz CT molecular complexity index is 971. The first-order chi connectivity index (χ1) is 13.7. The predicted molar refractivity (Wildman–Crippen MR) is 105 cm³/mol. The van der Waals surface area contributed by atoms with Crippen LogP contribution >= 0.6 is 11.6 Å². The molecular formula is C19H17ClN2O7. The van der Waals surface area contributed by atoms with Crippen LogP contribution in [0.1, 0.15) is 18.1 Å². The first-order valence-corrected chi connectivity index (χ1v) is 8.55. The number of carbonyl (C=O) groups excluding carboxylic acids is 1. The van der Waals surface area contributed by atoms with Gasteiger partial charge in [-0.15, -0.1) is 0 Å². The van der Waals surface area contributed by atoms with E-state index in [1.165, 1.54) is 44.4 Å². The number of carboxylic acid groups (broad SMARTS) is 1. The standard InChI is InChI=1S/C19H17ClN2O7/c1-11(23)21-16(19(24)25)8-13-7-15(20)18(17(9-13)28-2)29-10-12-3-5-14(6-4-12)22(26)27/h3-9H,10H2,1-2H3,(H,21,23)(H,24,25)/b16-8+. The highest BCUT2D eigenvalue weighted by Crippen LogP contribution is 2.37. The average molecular weight is 421 g/mol. The summed E-state index contributed by atoms with van der Waals surface area (Å²) in [4.78, 5) is 32.6. The molecule has 0 aliphatic heterocycles. The number of nitrogens with zero attached hydrogens (tertiary/aromatic N) is 1. The van der Waals surface area contributed by atoms with E-state index in [4.69, 9.17) is 21.1 Å². The number of carboxylic acids is 1. The van der Waals surface area contributed by atoms with Crippen LogP contribution in [0.25, 0.3) is 6.08 Å². The van der Waals surface area contributed by atoms with Crippen LogP contribution in [0.5, 0.6) is 11.5 Å². The average Bonchev–Trinajstić information content (AvgIpc) is 2.66. The lowest BCUT2D eigenvalue weighted by atomic mass is 10.1. The molecule has 0 heterocycles. The molecule has 2 rings (SSSR count). The zero-order valence-corrected chi connectivity index (χ0v) is 16.2. The highest BCUT2D eigenvalue weighted by molar-refractivity contribution is 6.32. The fraction of sp³-hybridized carbons (Fsp3) is 0.158. The quantitative estimate of drug-likeness (QED) is 0.380. The van der Waals surface area contributed by atoms with Gasteiger partial charge in [0.15, 0.2) is 11.5 Å². The number of nitro groups is 1. The summed E-state index contributed by atoms with van der Waals surface area (Å²) in [7, 11) is 1.39. The van der Waals surface area contributed by atoms with Crippen molar-refractivity contribution in [1.29, 1.82) is 0 Å². The number of ether oxygens (including phenoxy) is 2. The van der Waals surface area contributed by atoms with Gasteiger partial charge in [0.25, 0.3) is 5.69 Å². The Morgan fingerprint density at radius 3 is 2.45 bits per heavy atom. The fourth-order valence-corrected chi connectivity index (χ4v) is 2.61. The summed E-state index contributed by atoms with van der Waals surface area (Å²) < 4.78 is 10.9. The topological polar surface area (TPSA) is 128 Å². The number of carbonyl (C=O) groups is 2. The number of nitro benzene ring substituents is 1. The van der Waals surface area contributed by atoms with Crippen LogP contribution in [0.4, 0.5) is 5.69 Å². The van der Waals surface area contributed by atoms with Gasteiger partial charge >= 0.3 is 5.97 Å². The molecule has 0 aliphatic carbocycles. The Morgan fingerprint density at radius 1 is 1.28 bits per heavy atom. The summed E-state index contributed by atoms with van der Waals surface area (Å²) >= 11 is 6.26. The molecule has 0 saturated carbocycles. The molecule has 1 amide bonds. The first-order valence-electron chi connectivity index (χ1n) is 8.17. The smallest absolute Gasteiger partial charge is 0.352 e. The molecule has 0 aliphatic rings. The predicted octanol–water partition coefficient (Wildman–Crippen LogP) is 3.40. The van der Waals surface area contributed by atoms with Crippen molar-refractivity contribution in [3.8, 4) is 11.5 Å². The van der Waals surface area contributed by atoms with Crippen molar-refractivity contribution in [3.63, 3.8) is 0 Å². The van der Waals surface area contributed by atoms with Gasteiger partial charge < -0.3 is 19.9 Å². The zero-order valence-electron chi connectivity index (χ0n) is 15.5. The molecule has 2 aromatic carbocycles. The van der Waals surface area contributed by atoms with Crippen molar-refractivity contribution in [2.75, 3.05) is 7.11 Å². The largest absolute Gasteiger partial charge is 0.493 e. The number of benzene rings is 2. The third kappa shape index (κ3) is 5.94. The van der Waals surface area contributed by atoms with Crippen LogP contribution < -0.4 is 14.8 Å². The molecule has 9 nitrogen and oxygen atoms in total. The SMILES string of the molecule is COc1cc(/C=C(/NC(C)=O)C(=O)O)cc(Cl)c1OCc1ccc([N+](=O)[O-])cc1. The van der Waals surface area contributed by atoms with Crippen molar-refractivity contribution in [1.82, 2.24) is 5.32 Å². The van der Waals surface area contributed by atoms with Crippen LogP contribution in [-0.2, 0) is 16.2 Å². The monoisotopic (exact) mass is 420 g/mol. The number of nitrogens with one attached hydrogen (secondary N) is 1. The molecule has 0 spiro atoms. The van der Waals surface area contributed by atoms with E-state index in [-0.39, 0.29) is 34.5 Å². The van der Waals surface area contributed by atoms with E-state index in [0.717, 1.165) is 0 Å². The number of hydrogen-bond acceptors (Lipinski definition) is 6. The van der Waals surface area contributed by atoms with Crippen LogP contribution in [0.3, 0.4) is 0 Å². The molecular weight excluding hydrogens is 404 g/mol. The minimum atomic E-state index is -1.31. The van der Waals surface area contributed by atoms with Crippen molar-refractivity contribution in [2.24, 2.45) is 0 Å². The highest BCUT2D eigenvalue weighted by atomic mass is 35.5. The molecule has 0 saturated heterocycles. The molecule has 2 aromatic rings. The number of aliphatic carboxylic acids is 1. The normalized spacial score (nSPS) is 10.9. The molecule has 10 heteroatoms. The van der Waals surface area contributed by atoms with Gasteiger partial charge in [-0.25, -0.2) is 4.79 Å². The van der Waals surface area contributed by atoms with Crippen LogP contribution in [-0.4, -0.2) is 29.0 Å². The van der Waals surface area contributed by atoms with E-state index in [0.29, 0.717) is 11.1 Å². The van der Waals surface area contributed by atoms with Crippen molar-refractivity contribution >= 4 is 35.2 Å². The number of amides is 1. The van der Waals surface area contributed by atoms with Crippen LogP contribution in [0, 0.1) is 10.1 Å². The molecule has 0 atom stereocenters. The molecule has 0 fully saturated rings. The van der Waals surface area contributed by atoms with Crippen molar-refractivity contribution < 1.29 is 29.1 Å². The molecule has 0 unspecified atom stereocenters. The summed E-state index contributed by atoms with van der Waals surface area (Å²) in [5.41, 5.74) is 0.696. The first kappa shape index (κ1) is 21.7. The number of methoxy groups -OCH3 is 1. The summed E-state index contributed by atoms with van der Waals surface area (Å²) in [6, 6.07) is 8.80. The maximum Gasteiger partial charge on any atom is 0.352 e. The van der Waals surface area contributed by atoms with E-state index in [1.807, 2.05) is 0 Å². The number of rotatable bonds is 8.